The van der Waals surface area contributed by atoms with E-state index in [0.29, 0.717) is 17.8 Å². The molecule has 2 amide bonds. The lowest BCUT2D eigenvalue weighted by Gasteiger charge is -2.24. The van der Waals surface area contributed by atoms with Crippen molar-refractivity contribution in [1.29, 1.82) is 0 Å². The average Bonchev–Trinajstić information content (AvgIpc) is 2.76. The van der Waals surface area contributed by atoms with Gasteiger partial charge in [-0.3, -0.25) is 14.6 Å². The molecular formula is C18H16F3N3O2. The van der Waals surface area contributed by atoms with E-state index in [1.807, 2.05) is 6.92 Å². The molecule has 1 aliphatic heterocycles. The molecule has 0 saturated heterocycles. The van der Waals surface area contributed by atoms with E-state index in [1.54, 1.807) is 6.07 Å². The first-order valence-electron chi connectivity index (χ1n) is 8.06. The molecule has 0 bridgehead atoms. The number of fused-ring (bicyclic) bond motifs is 1. The Morgan fingerprint density at radius 3 is 2.81 bits per heavy atom. The maximum atomic E-state index is 13.9. The highest BCUT2D eigenvalue weighted by Gasteiger charge is 2.31. The summed E-state index contributed by atoms with van der Waals surface area (Å²) in [6.45, 7) is 1.90. The second-order valence-electron chi connectivity index (χ2n) is 5.94. The molecule has 1 N–H and O–H groups in total. The number of hydrogen-bond acceptors (Lipinski definition) is 3. The predicted molar refractivity (Wildman–Crippen MR) is 89.7 cm³/mol. The second-order valence-corrected chi connectivity index (χ2v) is 5.94. The molecule has 2 aromatic rings. The third-order valence-corrected chi connectivity index (χ3v) is 4.34. The zero-order chi connectivity index (χ0) is 18.8. The van der Waals surface area contributed by atoms with Crippen LogP contribution >= 0.6 is 0 Å². The third kappa shape index (κ3) is 3.26. The minimum Gasteiger partial charge on any atom is -0.324 e. The number of alkyl halides is 2. The van der Waals surface area contributed by atoms with Crippen LogP contribution in [-0.2, 0) is 4.79 Å². The van der Waals surface area contributed by atoms with Crippen molar-refractivity contribution in [3.8, 4) is 0 Å². The van der Waals surface area contributed by atoms with E-state index in [-0.39, 0.29) is 18.0 Å². The minimum absolute atomic E-state index is 0.0779. The molecule has 1 atom stereocenters. The summed E-state index contributed by atoms with van der Waals surface area (Å²) in [4.78, 5) is 30.5. The van der Waals surface area contributed by atoms with Crippen LogP contribution in [0, 0.1) is 11.7 Å². The summed E-state index contributed by atoms with van der Waals surface area (Å²) >= 11 is 0. The van der Waals surface area contributed by atoms with Crippen LogP contribution in [0.25, 0.3) is 0 Å². The molecule has 3 rings (SSSR count). The quantitative estimate of drug-likeness (QED) is 0.903. The van der Waals surface area contributed by atoms with Crippen molar-refractivity contribution in [2.45, 2.75) is 19.8 Å². The Balaban J connectivity index is 2.02. The van der Waals surface area contributed by atoms with Gasteiger partial charge in [-0.2, -0.15) is 0 Å². The summed E-state index contributed by atoms with van der Waals surface area (Å²) in [5.41, 5.74) is -0.0483. The first kappa shape index (κ1) is 17.9. The molecule has 8 heteroatoms. The van der Waals surface area contributed by atoms with Crippen LogP contribution in [0.3, 0.4) is 0 Å². The highest BCUT2D eigenvalue weighted by molar-refractivity contribution is 6.10. The fourth-order valence-corrected chi connectivity index (χ4v) is 2.84. The highest BCUT2D eigenvalue weighted by atomic mass is 19.3. The standard InChI is InChI=1S/C18H16F3N3O2/c1-2-10-9-24(15-8-22-6-5-14(15)23-17(10)25)18(26)11-3-4-12(16(20)21)13(19)7-11/h3-8,10,16H,2,9H2,1H3,(H,23,25). The van der Waals surface area contributed by atoms with Crippen molar-refractivity contribution in [3.63, 3.8) is 0 Å². The Morgan fingerprint density at radius 2 is 2.15 bits per heavy atom. The summed E-state index contributed by atoms with van der Waals surface area (Å²) in [5.74, 6) is -2.42. The summed E-state index contributed by atoms with van der Waals surface area (Å²) < 4.78 is 39.3. The van der Waals surface area contributed by atoms with Crippen molar-refractivity contribution in [3.05, 3.63) is 53.6 Å². The molecule has 1 aromatic heterocycles. The molecule has 0 aliphatic carbocycles. The number of nitrogens with zero attached hydrogens (tertiary/aromatic N) is 2. The third-order valence-electron chi connectivity index (χ3n) is 4.34. The van der Waals surface area contributed by atoms with Gasteiger partial charge in [-0.05, 0) is 30.7 Å². The molecule has 26 heavy (non-hydrogen) atoms. The molecule has 0 radical (unpaired) electrons. The number of anilines is 2. The normalized spacial score (nSPS) is 16.9. The Labute approximate surface area is 147 Å². The number of hydrogen-bond donors (Lipinski definition) is 1. The van der Waals surface area contributed by atoms with Crippen LogP contribution in [0.4, 0.5) is 24.5 Å². The van der Waals surface area contributed by atoms with Gasteiger partial charge in [0.25, 0.3) is 12.3 Å². The maximum Gasteiger partial charge on any atom is 0.266 e. The van der Waals surface area contributed by atoms with Gasteiger partial charge in [0, 0.05) is 18.3 Å². The first-order valence-corrected chi connectivity index (χ1v) is 8.06. The first-order chi connectivity index (χ1) is 12.4. The number of benzene rings is 1. The summed E-state index contributed by atoms with van der Waals surface area (Å²) in [6.07, 6.45) is 0.435. The monoisotopic (exact) mass is 363 g/mol. The molecular weight excluding hydrogens is 347 g/mol. The van der Waals surface area contributed by atoms with Gasteiger partial charge in [-0.25, -0.2) is 13.2 Å². The van der Waals surface area contributed by atoms with Crippen LogP contribution in [0.15, 0.2) is 36.7 Å². The maximum absolute atomic E-state index is 13.9. The van der Waals surface area contributed by atoms with E-state index >= 15 is 0 Å². The Morgan fingerprint density at radius 1 is 1.38 bits per heavy atom. The Kier molecular flexibility index (Phi) is 4.92. The molecule has 2 heterocycles. The zero-order valence-corrected chi connectivity index (χ0v) is 13.9. The molecule has 0 spiro atoms. The smallest absolute Gasteiger partial charge is 0.266 e. The van der Waals surface area contributed by atoms with E-state index in [2.05, 4.69) is 10.3 Å². The fourth-order valence-electron chi connectivity index (χ4n) is 2.84. The Hall–Kier alpha value is -2.90. The van der Waals surface area contributed by atoms with Gasteiger partial charge in [0.05, 0.1) is 29.1 Å². The van der Waals surface area contributed by atoms with E-state index in [4.69, 9.17) is 0 Å². The molecule has 5 nitrogen and oxygen atoms in total. The van der Waals surface area contributed by atoms with E-state index in [0.717, 1.165) is 18.2 Å². The minimum atomic E-state index is -2.96. The molecule has 0 fully saturated rings. The van der Waals surface area contributed by atoms with Gasteiger partial charge in [-0.1, -0.05) is 6.92 Å². The molecule has 136 valence electrons. The predicted octanol–water partition coefficient (Wildman–Crippen LogP) is 3.78. The van der Waals surface area contributed by atoms with Crippen LogP contribution in [0.1, 0.15) is 35.7 Å². The van der Waals surface area contributed by atoms with Gasteiger partial charge in [0.2, 0.25) is 5.91 Å². The van der Waals surface area contributed by atoms with Crippen LogP contribution in [0.2, 0.25) is 0 Å². The van der Waals surface area contributed by atoms with E-state index < -0.39 is 29.6 Å². The van der Waals surface area contributed by atoms with Crippen LogP contribution < -0.4 is 10.2 Å². The SMILES string of the molecule is CCC1CN(C(=O)c2ccc(C(F)F)c(F)c2)c2cnccc2NC1=O. The van der Waals surface area contributed by atoms with E-state index in [1.165, 1.54) is 17.3 Å². The number of rotatable bonds is 3. The molecule has 1 unspecified atom stereocenters. The van der Waals surface area contributed by atoms with Crippen LogP contribution in [0.5, 0.6) is 0 Å². The zero-order valence-electron chi connectivity index (χ0n) is 13.9. The van der Waals surface area contributed by atoms with Gasteiger partial charge >= 0.3 is 0 Å². The average molecular weight is 363 g/mol. The van der Waals surface area contributed by atoms with Crippen molar-refractivity contribution in [1.82, 2.24) is 4.98 Å². The molecule has 0 saturated carbocycles. The summed E-state index contributed by atoms with van der Waals surface area (Å²) in [5, 5.41) is 2.75. The van der Waals surface area contributed by atoms with Gasteiger partial charge in [-0.15, -0.1) is 0 Å². The van der Waals surface area contributed by atoms with Crippen molar-refractivity contribution >= 4 is 23.2 Å². The van der Waals surface area contributed by atoms with Gasteiger partial charge < -0.3 is 10.2 Å². The van der Waals surface area contributed by atoms with Crippen molar-refractivity contribution in [2.24, 2.45) is 5.92 Å². The number of halogens is 3. The van der Waals surface area contributed by atoms with Crippen molar-refractivity contribution in [2.75, 3.05) is 16.8 Å². The summed E-state index contributed by atoms with van der Waals surface area (Å²) in [7, 11) is 0. The Bertz CT molecular complexity index is 857. The molecule has 1 aromatic carbocycles. The lowest BCUT2D eigenvalue weighted by Crippen LogP contribution is -2.36. The number of amides is 2. The topological polar surface area (TPSA) is 62.3 Å². The van der Waals surface area contributed by atoms with E-state index in [9.17, 15) is 22.8 Å². The number of carbonyl (C=O) groups excluding carboxylic acids is 2. The number of aromatic nitrogens is 1. The lowest BCUT2D eigenvalue weighted by atomic mass is 10.0. The van der Waals surface area contributed by atoms with Gasteiger partial charge in [0.15, 0.2) is 0 Å². The van der Waals surface area contributed by atoms with Crippen molar-refractivity contribution < 1.29 is 22.8 Å². The second kappa shape index (κ2) is 7.15. The van der Waals surface area contributed by atoms with Crippen LogP contribution in [-0.4, -0.2) is 23.3 Å². The summed E-state index contributed by atoms with van der Waals surface area (Å²) in [6, 6.07) is 4.41. The largest absolute Gasteiger partial charge is 0.324 e. The lowest BCUT2D eigenvalue weighted by molar-refractivity contribution is -0.119. The highest BCUT2D eigenvalue weighted by Crippen LogP contribution is 2.31. The van der Waals surface area contributed by atoms with Gasteiger partial charge in [0.1, 0.15) is 5.82 Å². The molecule has 1 aliphatic rings. The number of pyridine rings is 1. The fraction of sp³-hybridized carbons (Fsp3) is 0.278. The number of carbonyl (C=O) groups is 2. The number of nitrogens with one attached hydrogen (secondary N) is 1.